The van der Waals surface area contributed by atoms with E-state index in [-0.39, 0.29) is 0 Å². The summed E-state index contributed by atoms with van der Waals surface area (Å²) in [5.74, 6) is 0.934. The van der Waals surface area contributed by atoms with Crippen molar-refractivity contribution in [2.24, 2.45) is 5.92 Å². The lowest BCUT2D eigenvalue weighted by molar-refractivity contribution is 0.0939. The van der Waals surface area contributed by atoms with Crippen molar-refractivity contribution < 1.29 is 4.74 Å². The molecule has 0 bridgehead atoms. The standard InChI is InChI=1S/C17H32N2O/c1-20-16-9-8-15(12-16)19-11-5-10-18-17(13-19)14-6-3-2-4-7-14/h14-18H,2-13H2,1H3. The van der Waals surface area contributed by atoms with Crippen LogP contribution in [-0.2, 0) is 4.74 Å². The van der Waals surface area contributed by atoms with Crippen LogP contribution < -0.4 is 5.32 Å². The fraction of sp³-hybridized carbons (Fsp3) is 1.00. The SMILES string of the molecule is COC1CCC(N2CCCNC(C3CCCCC3)C2)C1. The highest BCUT2D eigenvalue weighted by molar-refractivity contribution is 4.90. The molecule has 0 aromatic heterocycles. The van der Waals surface area contributed by atoms with E-state index < -0.39 is 0 Å². The minimum Gasteiger partial charge on any atom is -0.381 e. The van der Waals surface area contributed by atoms with Crippen molar-refractivity contribution in [2.45, 2.75) is 76.0 Å². The van der Waals surface area contributed by atoms with Gasteiger partial charge in [-0.2, -0.15) is 0 Å². The molecule has 3 aliphatic rings. The van der Waals surface area contributed by atoms with Gasteiger partial charge in [0.25, 0.3) is 0 Å². The molecule has 3 atom stereocenters. The van der Waals surface area contributed by atoms with Crippen molar-refractivity contribution in [1.82, 2.24) is 10.2 Å². The summed E-state index contributed by atoms with van der Waals surface area (Å²) in [5.41, 5.74) is 0. The first-order chi connectivity index (χ1) is 9.86. The molecule has 3 heteroatoms. The van der Waals surface area contributed by atoms with E-state index in [2.05, 4.69) is 10.2 Å². The average molecular weight is 280 g/mol. The zero-order valence-corrected chi connectivity index (χ0v) is 13.2. The molecule has 3 nitrogen and oxygen atoms in total. The van der Waals surface area contributed by atoms with Crippen molar-refractivity contribution in [1.29, 1.82) is 0 Å². The van der Waals surface area contributed by atoms with E-state index in [0.29, 0.717) is 6.10 Å². The lowest BCUT2D eigenvalue weighted by atomic mass is 9.83. The van der Waals surface area contributed by atoms with E-state index in [0.717, 1.165) is 18.0 Å². The van der Waals surface area contributed by atoms with Crippen LogP contribution in [0.4, 0.5) is 0 Å². The largest absolute Gasteiger partial charge is 0.381 e. The topological polar surface area (TPSA) is 24.5 Å². The molecular formula is C17H32N2O. The first kappa shape index (κ1) is 14.8. The molecule has 3 fully saturated rings. The zero-order valence-electron chi connectivity index (χ0n) is 13.2. The van der Waals surface area contributed by atoms with Crippen molar-refractivity contribution in [2.75, 3.05) is 26.7 Å². The van der Waals surface area contributed by atoms with Crippen molar-refractivity contribution in [3.8, 4) is 0 Å². The number of ether oxygens (including phenoxy) is 1. The molecule has 0 aromatic rings. The molecule has 1 saturated heterocycles. The maximum atomic E-state index is 5.56. The minimum atomic E-state index is 0.518. The molecule has 116 valence electrons. The molecule has 0 aromatic carbocycles. The quantitative estimate of drug-likeness (QED) is 0.860. The van der Waals surface area contributed by atoms with Gasteiger partial charge in [-0.25, -0.2) is 0 Å². The molecule has 0 spiro atoms. The second-order valence-electron chi connectivity index (χ2n) is 7.13. The van der Waals surface area contributed by atoms with Gasteiger partial charge in [0.1, 0.15) is 0 Å². The van der Waals surface area contributed by atoms with Crippen LogP contribution in [0, 0.1) is 5.92 Å². The summed E-state index contributed by atoms with van der Waals surface area (Å²) in [6.07, 6.45) is 13.0. The third-order valence-corrected chi connectivity index (χ3v) is 5.89. The third-order valence-electron chi connectivity index (χ3n) is 5.89. The molecule has 2 aliphatic carbocycles. The first-order valence-corrected chi connectivity index (χ1v) is 8.87. The molecule has 0 radical (unpaired) electrons. The number of methoxy groups -OCH3 is 1. The summed E-state index contributed by atoms with van der Waals surface area (Å²) in [6.45, 7) is 3.79. The van der Waals surface area contributed by atoms with Gasteiger partial charge in [0.05, 0.1) is 6.10 Å². The van der Waals surface area contributed by atoms with E-state index in [4.69, 9.17) is 4.74 Å². The maximum Gasteiger partial charge on any atom is 0.0586 e. The number of hydrogen-bond donors (Lipinski definition) is 1. The van der Waals surface area contributed by atoms with Gasteiger partial charge in [-0.15, -0.1) is 0 Å². The van der Waals surface area contributed by atoms with Crippen molar-refractivity contribution in [3.63, 3.8) is 0 Å². The predicted octanol–water partition coefficient (Wildman–Crippen LogP) is 2.80. The van der Waals surface area contributed by atoms with E-state index in [1.54, 1.807) is 0 Å². The lowest BCUT2D eigenvalue weighted by Crippen LogP contribution is -2.46. The van der Waals surface area contributed by atoms with Crippen LogP contribution in [0.3, 0.4) is 0 Å². The van der Waals surface area contributed by atoms with Crippen LogP contribution in [0.1, 0.15) is 57.8 Å². The van der Waals surface area contributed by atoms with Crippen LogP contribution in [0.25, 0.3) is 0 Å². The maximum absolute atomic E-state index is 5.56. The second-order valence-corrected chi connectivity index (χ2v) is 7.13. The number of hydrogen-bond acceptors (Lipinski definition) is 3. The summed E-state index contributed by atoms with van der Waals surface area (Å²) < 4.78 is 5.56. The smallest absolute Gasteiger partial charge is 0.0586 e. The summed E-state index contributed by atoms with van der Waals surface area (Å²) in [5, 5.41) is 3.86. The number of rotatable bonds is 3. The van der Waals surface area contributed by atoms with Crippen LogP contribution in [0.15, 0.2) is 0 Å². The van der Waals surface area contributed by atoms with Gasteiger partial charge < -0.3 is 10.1 Å². The molecule has 3 rings (SSSR count). The summed E-state index contributed by atoms with van der Waals surface area (Å²) in [4.78, 5) is 2.79. The van der Waals surface area contributed by atoms with Gasteiger partial charge in [-0.1, -0.05) is 19.3 Å². The average Bonchev–Trinajstić information content (AvgIpc) is 2.85. The number of nitrogens with one attached hydrogen (secondary N) is 1. The third kappa shape index (κ3) is 3.55. The second kappa shape index (κ2) is 7.24. The fourth-order valence-electron chi connectivity index (χ4n) is 4.63. The van der Waals surface area contributed by atoms with Crippen LogP contribution in [-0.4, -0.2) is 49.8 Å². The number of nitrogens with zero attached hydrogens (tertiary/aromatic N) is 1. The summed E-state index contributed by atoms with van der Waals surface area (Å²) in [6, 6.07) is 1.53. The highest BCUT2D eigenvalue weighted by Crippen LogP contribution is 2.31. The Kier molecular flexibility index (Phi) is 5.36. The molecule has 20 heavy (non-hydrogen) atoms. The molecule has 1 aliphatic heterocycles. The molecule has 3 unspecified atom stereocenters. The van der Waals surface area contributed by atoms with Crippen molar-refractivity contribution in [3.05, 3.63) is 0 Å². The fourth-order valence-corrected chi connectivity index (χ4v) is 4.63. The highest BCUT2D eigenvalue weighted by atomic mass is 16.5. The summed E-state index contributed by atoms with van der Waals surface area (Å²) in [7, 11) is 1.88. The Morgan fingerprint density at radius 3 is 2.60 bits per heavy atom. The van der Waals surface area contributed by atoms with Crippen LogP contribution >= 0.6 is 0 Å². The Morgan fingerprint density at radius 1 is 1.00 bits per heavy atom. The molecule has 0 amide bonds. The van der Waals surface area contributed by atoms with Gasteiger partial charge in [-0.3, -0.25) is 4.90 Å². The van der Waals surface area contributed by atoms with E-state index in [1.807, 2.05) is 7.11 Å². The zero-order chi connectivity index (χ0) is 13.8. The van der Waals surface area contributed by atoms with Gasteiger partial charge in [-0.05, 0) is 57.5 Å². The Bertz CT molecular complexity index is 291. The normalized spacial score (nSPS) is 38.0. The monoisotopic (exact) mass is 280 g/mol. The van der Waals surface area contributed by atoms with Gasteiger partial charge in [0.15, 0.2) is 0 Å². The lowest BCUT2D eigenvalue weighted by Gasteiger charge is -2.35. The van der Waals surface area contributed by atoms with Crippen molar-refractivity contribution >= 4 is 0 Å². The molecular weight excluding hydrogens is 248 g/mol. The van der Waals surface area contributed by atoms with Crippen LogP contribution in [0.5, 0.6) is 0 Å². The van der Waals surface area contributed by atoms with Gasteiger partial charge in [0, 0.05) is 25.7 Å². The minimum absolute atomic E-state index is 0.518. The Labute approximate surface area is 124 Å². The van der Waals surface area contributed by atoms with E-state index in [1.165, 1.54) is 77.4 Å². The Balaban J connectivity index is 1.57. The Morgan fingerprint density at radius 2 is 1.85 bits per heavy atom. The predicted molar refractivity (Wildman–Crippen MR) is 83.0 cm³/mol. The highest BCUT2D eigenvalue weighted by Gasteiger charge is 2.33. The molecule has 1 heterocycles. The summed E-state index contributed by atoms with van der Waals surface area (Å²) >= 11 is 0. The van der Waals surface area contributed by atoms with Gasteiger partial charge >= 0.3 is 0 Å². The van der Waals surface area contributed by atoms with E-state index in [9.17, 15) is 0 Å². The Hall–Kier alpha value is -0.120. The molecule has 1 N–H and O–H groups in total. The van der Waals surface area contributed by atoms with Crippen LogP contribution in [0.2, 0.25) is 0 Å². The van der Waals surface area contributed by atoms with Gasteiger partial charge in [0.2, 0.25) is 0 Å². The first-order valence-electron chi connectivity index (χ1n) is 8.87. The molecule has 2 saturated carbocycles. The van der Waals surface area contributed by atoms with E-state index >= 15 is 0 Å².